The van der Waals surface area contributed by atoms with E-state index in [9.17, 15) is 14.0 Å². The molecule has 1 saturated heterocycles. The molecule has 2 aromatic rings. The molecule has 0 unspecified atom stereocenters. The molecule has 148 valence electrons. The number of aromatic nitrogens is 2. The summed E-state index contributed by atoms with van der Waals surface area (Å²) < 4.78 is 15.8. The van der Waals surface area contributed by atoms with Gasteiger partial charge in [-0.1, -0.05) is 25.0 Å². The third-order valence-corrected chi connectivity index (χ3v) is 5.54. The molecule has 4 rings (SSSR count). The summed E-state index contributed by atoms with van der Waals surface area (Å²) >= 11 is 0. The minimum atomic E-state index is -0.498. The van der Waals surface area contributed by atoms with E-state index in [1.807, 2.05) is 9.47 Å². The van der Waals surface area contributed by atoms with E-state index in [0.717, 1.165) is 63.7 Å². The molecular weight excluding hydrogens is 359 g/mol. The van der Waals surface area contributed by atoms with Crippen molar-refractivity contribution in [1.82, 2.24) is 14.5 Å². The Kier molecular flexibility index (Phi) is 5.41. The van der Waals surface area contributed by atoms with E-state index >= 15 is 0 Å². The first kappa shape index (κ1) is 18.7. The zero-order valence-corrected chi connectivity index (χ0v) is 15.9. The van der Waals surface area contributed by atoms with E-state index in [1.54, 1.807) is 12.1 Å². The third kappa shape index (κ3) is 3.66. The van der Waals surface area contributed by atoms with Gasteiger partial charge in [0.05, 0.1) is 11.4 Å². The number of imidazole rings is 1. The fourth-order valence-corrected chi connectivity index (χ4v) is 4.05. The van der Waals surface area contributed by atoms with Crippen LogP contribution in [-0.4, -0.2) is 39.4 Å². The number of rotatable bonds is 3. The van der Waals surface area contributed by atoms with Crippen molar-refractivity contribution in [2.75, 3.05) is 18.4 Å². The SMILES string of the molecule is O=C(Nc1ccccc1F)c1nc(C(=O)N2CCCCCC2)c2n1CCCC2. The van der Waals surface area contributed by atoms with Gasteiger partial charge in [-0.05, 0) is 44.2 Å². The first-order chi connectivity index (χ1) is 13.6. The highest BCUT2D eigenvalue weighted by Gasteiger charge is 2.30. The van der Waals surface area contributed by atoms with Gasteiger partial charge in [0.25, 0.3) is 11.8 Å². The number of fused-ring (bicyclic) bond motifs is 1. The summed E-state index contributed by atoms with van der Waals surface area (Å²) in [6.45, 7) is 2.12. The number of likely N-dealkylation sites (tertiary alicyclic amines) is 1. The lowest BCUT2D eigenvalue weighted by atomic mass is 10.1. The van der Waals surface area contributed by atoms with Gasteiger partial charge < -0.3 is 14.8 Å². The molecule has 1 aromatic carbocycles. The van der Waals surface area contributed by atoms with Crippen LogP contribution in [0.3, 0.4) is 0 Å². The van der Waals surface area contributed by atoms with Crippen LogP contribution in [0.4, 0.5) is 10.1 Å². The Bertz CT molecular complexity index is 885. The summed E-state index contributed by atoms with van der Waals surface area (Å²) in [5.74, 6) is -0.876. The second kappa shape index (κ2) is 8.12. The highest BCUT2D eigenvalue weighted by atomic mass is 19.1. The molecule has 6 nitrogen and oxygen atoms in total. The Hall–Kier alpha value is -2.70. The third-order valence-electron chi connectivity index (χ3n) is 5.54. The second-order valence-electron chi connectivity index (χ2n) is 7.48. The van der Waals surface area contributed by atoms with Gasteiger partial charge in [0.1, 0.15) is 11.5 Å². The number of carbonyl (C=O) groups excluding carboxylic acids is 2. The van der Waals surface area contributed by atoms with Crippen LogP contribution in [-0.2, 0) is 13.0 Å². The fourth-order valence-electron chi connectivity index (χ4n) is 4.05. The summed E-state index contributed by atoms with van der Waals surface area (Å²) in [5.41, 5.74) is 1.33. The van der Waals surface area contributed by atoms with Crippen LogP contribution in [0.25, 0.3) is 0 Å². The number of nitrogens with zero attached hydrogens (tertiary/aromatic N) is 3. The van der Waals surface area contributed by atoms with Crippen LogP contribution < -0.4 is 5.32 Å². The predicted octanol–water partition coefficient (Wildman–Crippen LogP) is 3.63. The summed E-state index contributed by atoms with van der Waals surface area (Å²) in [6, 6.07) is 6.04. The van der Waals surface area contributed by atoms with Crippen molar-refractivity contribution in [3.05, 3.63) is 47.3 Å². The molecule has 2 aliphatic heterocycles. The molecule has 1 N–H and O–H groups in total. The molecule has 0 radical (unpaired) electrons. The lowest BCUT2D eigenvalue weighted by Gasteiger charge is -2.21. The summed E-state index contributed by atoms with van der Waals surface area (Å²) in [5, 5.41) is 2.60. The molecule has 2 amide bonds. The largest absolute Gasteiger partial charge is 0.337 e. The van der Waals surface area contributed by atoms with Gasteiger partial charge in [0.2, 0.25) is 0 Å². The topological polar surface area (TPSA) is 67.2 Å². The van der Waals surface area contributed by atoms with Crippen molar-refractivity contribution in [3.63, 3.8) is 0 Å². The first-order valence-electron chi connectivity index (χ1n) is 10.1. The van der Waals surface area contributed by atoms with Gasteiger partial charge in [-0.3, -0.25) is 9.59 Å². The van der Waals surface area contributed by atoms with E-state index in [4.69, 9.17) is 0 Å². The minimum absolute atomic E-state index is 0.0857. The Labute approximate surface area is 163 Å². The van der Waals surface area contributed by atoms with Gasteiger partial charge in [0, 0.05) is 19.6 Å². The highest BCUT2D eigenvalue weighted by molar-refractivity contribution is 6.03. The fraction of sp³-hybridized carbons (Fsp3) is 0.476. The number of carbonyl (C=O) groups is 2. The van der Waals surface area contributed by atoms with Crippen molar-refractivity contribution >= 4 is 17.5 Å². The molecule has 0 saturated carbocycles. The maximum atomic E-state index is 13.9. The molecule has 0 aliphatic carbocycles. The number of amides is 2. The van der Waals surface area contributed by atoms with E-state index in [1.165, 1.54) is 12.1 Å². The zero-order valence-electron chi connectivity index (χ0n) is 15.9. The van der Waals surface area contributed by atoms with Crippen molar-refractivity contribution in [3.8, 4) is 0 Å². The summed E-state index contributed by atoms with van der Waals surface area (Å²) in [4.78, 5) is 32.3. The van der Waals surface area contributed by atoms with Crippen LogP contribution in [0.2, 0.25) is 0 Å². The smallest absolute Gasteiger partial charge is 0.291 e. The molecule has 0 atom stereocenters. The Balaban J connectivity index is 1.64. The second-order valence-corrected chi connectivity index (χ2v) is 7.48. The van der Waals surface area contributed by atoms with Crippen molar-refractivity contribution in [2.24, 2.45) is 0 Å². The molecule has 0 bridgehead atoms. The maximum absolute atomic E-state index is 13.9. The molecule has 2 aliphatic rings. The lowest BCUT2D eigenvalue weighted by Crippen LogP contribution is -2.33. The number of nitrogens with one attached hydrogen (secondary N) is 1. The summed E-state index contributed by atoms with van der Waals surface area (Å²) in [7, 11) is 0. The van der Waals surface area contributed by atoms with Crippen LogP contribution in [0.5, 0.6) is 0 Å². The average Bonchev–Trinajstić information content (AvgIpc) is 2.89. The van der Waals surface area contributed by atoms with E-state index < -0.39 is 11.7 Å². The molecule has 0 spiro atoms. The Morgan fingerprint density at radius 1 is 0.964 bits per heavy atom. The normalized spacial score (nSPS) is 17.0. The first-order valence-corrected chi connectivity index (χ1v) is 10.1. The van der Waals surface area contributed by atoms with Gasteiger partial charge in [0.15, 0.2) is 5.82 Å². The Morgan fingerprint density at radius 3 is 2.43 bits per heavy atom. The lowest BCUT2D eigenvalue weighted by molar-refractivity contribution is 0.0754. The van der Waals surface area contributed by atoms with E-state index in [-0.39, 0.29) is 17.4 Å². The number of para-hydroxylation sites is 1. The Morgan fingerprint density at radius 2 is 1.68 bits per heavy atom. The quantitative estimate of drug-likeness (QED) is 0.879. The zero-order chi connectivity index (χ0) is 19.5. The number of anilines is 1. The maximum Gasteiger partial charge on any atom is 0.291 e. The van der Waals surface area contributed by atoms with Crippen LogP contribution >= 0.6 is 0 Å². The molecule has 3 heterocycles. The van der Waals surface area contributed by atoms with Gasteiger partial charge in [-0.2, -0.15) is 0 Å². The van der Waals surface area contributed by atoms with E-state index in [0.29, 0.717) is 12.2 Å². The van der Waals surface area contributed by atoms with Crippen LogP contribution in [0, 0.1) is 5.82 Å². The number of benzene rings is 1. The highest BCUT2D eigenvalue weighted by Crippen LogP contribution is 2.24. The molecule has 7 heteroatoms. The number of hydrogen-bond acceptors (Lipinski definition) is 3. The average molecular weight is 384 g/mol. The molecule has 28 heavy (non-hydrogen) atoms. The van der Waals surface area contributed by atoms with Gasteiger partial charge in [-0.25, -0.2) is 9.37 Å². The van der Waals surface area contributed by atoms with Crippen molar-refractivity contribution < 1.29 is 14.0 Å². The van der Waals surface area contributed by atoms with Crippen LogP contribution in [0.15, 0.2) is 24.3 Å². The molecular formula is C21H25FN4O2. The van der Waals surface area contributed by atoms with Gasteiger partial charge >= 0.3 is 0 Å². The van der Waals surface area contributed by atoms with Gasteiger partial charge in [-0.15, -0.1) is 0 Å². The molecule has 1 fully saturated rings. The minimum Gasteiger partial charge on any atom is -0.337 e. The standard InChI is InChI=1S/C21H25FN4O2/c22-15-9-3-4-10-16(15)23-20(27)19-24-18(17-11-5-8-14-26(17)19)21(28)25-12-6-1-2-7-13-25/h3-4,9-10H,1-2,5-8,11-14H2,(H,23,27). The molecule has 1 aromatic heterocycles. The number of hydrogen-bond donors (Lipinski definition) is 1. The van der Waals surface area contributed by atoms with Crippen molar-refractivity contribution in [1.29, 1.82) is 0 Å². The van der Waals surface area contributed by atoms with Crippen molar-refractivity contribution in [2.45, 2.75) is 51.5 Å². The van der Waals surface area contributed by atoms with E-state index in [2.05, 4.69) is 10.3 Å². The summed E-state index contributed by atoms with van der Waals surface area (Å²) in [6.07, 6.45) is 6.92. The number of halogens is 1. The van der Waals surface area contributed by atoms with Crippen LogP contribution in [0.1, 0.15) is 65.3 Å². The predicted molar refractivity (Wildman–Crippen MR) is 104 cm³/mol. The monoisotopic (exact) mass is 384 g/mol.